The van der Waals surface area contributed by atoms with Gasteiger partial charge in [0.1, 0.15) is 54.9 Å². The second-order valence-electron chi connectivity index (χ2n) is 17.6. The molecule has 0 aromatic carbocycles. The van der Waals surface area contributed by atoms with Gasteiger partial charge in [-0.2, -0.15) is 0 Å². The van der Waals surface area contributed by atoms with Gasteiger partial charge in [0.15, 0.2) is 12.6 Å². The van der Waals surface area contributed by atoms with Crippen molar-refractivity contribution in [2.24, 2.45) is 0 Å². The van der Waals surface area contributed by atoms with Gasteiger partial charge in [0.25, 0.3) is 0 Å². The Labute approximate surface area is 402 Å². The van der Waals surface area contributed by atoms with Gasteiger partial charge in [0, 0.05) is 13.0 Å². The van der Waals surface area contributed by atoms with Crippen LogP contribution in [0.25, 0.3) is 0 Å². The van der Waals surface area contributed by atoms with Crippen LogP contribution in [0.3, 0.4) is 0 Å². The van der Waals surface area contributed by atoms with Crippen LogP contribution in [0.2, 0.25) is 0 Å². The van der Waals surface area contributed by atoms with Gasteiger partial charge in [-0.1, -0.05) is 157 Å². The van der Waals surface area contributed by atoms with Crippen LogP contribution in [0.15, 0.2) is 72.9 Å². The lowest BCUT2D eigenvalue weighted by molar-refractivity contribution is -0.332. The SMILES string of the molecule is CC/C=C\C/C=C\C/C=C\C/C=C\C/C=C\C/C=C\CCCCCCC(=O)OC(COCCCCCCCCCCCC)COC1OC(COC2OC(CO)C(O)C(O)C2O)C(O)C(O)C1O. The van der Waals surface area contributed by atoms with Crippen molar-refractivity contribution in [3.8, 4) is 0 Å². The van der Waals surface area contributed by atoms with E-state index in [1.807, 2.05) is 0 Å². The number of hydrogen-bond donors (Lipinski definition) is 7. The third kappa shape index (κ3) is 28.0. The molecule has 386 valence electrons. The van der Waals surface area contributed by atoms with Gasteiger partial charge in [-0.15, -0.1) is 0 Å². The molecule has 0 spiro atoms. The quantitative estimate of drug-likeness (QED) is 0.0181. The molecule has 0 amide bonds. The first-order valence-corrected chi connectivity index (χ1v) is 25.5. The number of esters is 1. The van der Waals surface area contributed by atoms with Gasteiger partial charge in [0.2, 0.25) is 0 Å². The molecule has 14 heteroatoms. The molecule has 0 radical (unpaired) electrons. The molecule has 0 aliphatic carbocycles. The van der Waals surface area contributed by atoms with E-state index in [1.165, 1.54) is 44.9 Å². The molecule has 11 unspecified atom stereocenters. The maximum Gasteiger partial charge on any atom is 0.306 e. The first-order valence-electron chi connectivity index (χ1n) is 25.5. The number of aliphatic hydroxyl groups is 7. The Morgan fingerprint density at radius 3 is 1.52 bits per heavy atom. The van der Waals surface area contributed by atoms with Crippen LogP contribution in [0.4, 0.5) is 0 Å². The third-order valence-corrected chi connectivity index (χ3v) is 11.7. The van der Waals surface area contributed by atoms with E-state index in [9.17, 15) is 40.5 Å². The summed E-state index contributed by atoms with van der Waals surface area (Å²) in [7, 11) is 0. The highest BCUT2D eigenvalue weighted by Gasteiger charge is 2.47. The van der Waals surface area contributed by atoms with Crippen molar-refractivity contribution in [2.75, 3.05) is 33.0 Å². The van der Waals surface area contributed by atoms with Crippen molar-refractivity contribution < 1.29 is 69.0 Å². The fourth-order valence-electron chi connectivity index (χ4n) is 7.58. The monoisotopic (exact) mass is 951 g/mol. The predicted molar refractivity (Wildman–Crippen MR) is 261 cm³/mol. The van der Waals surface area contributed by atoms with E-state index in [1.54, 1.807) is 0 Å². The highest BCUT2D eigenvalue weighted by Crippen LogP contribution is 2.26. The molecule has 2 aliphatic heterocycles. The average Bonchev–Trinajstić information content (AvgIpc) is 3.32. The molecule has 2 aliphatic rings. The number of rotatable bonds is 39. The summed E-state index contributed by atoms with van der Waals surface area (Å²) in [5, 5.41) is 72.0. The second-order valence-corrected chi connectivity index (χ2v) is 17.6. The number of carbonyl (C=O) groups is 1. The summed E-state index contributed by atoms with van der Waals surface area (Å²) in [5.74, 6) is -0.403. The van der Waals surface area contributed by atoms with Gasteiger partial charge < -0.3 is 64.2 Å². The number of hydrogen-bond acceptors (Lipinski definition) is 14. The highest BCUT2D eigenvalue weighted by molar-refractivity contribution is 5.69. The normalized spacial score (nSPS) is 26.7. The largest absolute Gasteiger partial charge is 0.457 e. The molecule has 67 heavy (non-hydrogen) atoms. The molecule has 2 saturated heterocycles. The predicted octanol–water partition coefficient (Wildman–Crippen LogP) is 7.51. The molecule has 2 rings (SSSR count). The fraction of sp³-hybridized carbons (Fsp3) is 0.755. The van der Waals surface area contributed by atoms with Gasteiger partial charge >= 0.3 is 5.97 Å². The van der Waals surface area contributed by atoms with E-state index < -0.39 is 86.7 Å². The summed E-state index contributed by atoms with van der Waals surface area (Å²) in [6.07, 6.45) is 32.5. The molecule has 2 fully saturated rings. The minimum absolute atomic E-state index is 0.0484. The zero-order chi connectivity index (χ0) is 48.7. The van der Waals surface area contributed by atoms with E-state index in [0.29, 0.717) is 13.0 Å². The van der Waals surface area contributed by atoms with Gasteiger partial charge in [-0.05, 0) is 64.2 Å². The number of unbranched alkanes of at least 4 members (excludes halogenated alkanes) is 13. The minimum Gasteiger partial charge on any atom is -0.457 e. The van der Waals surface area contributed by atoms with E-state index >= 15 is 0 Å². The zero-order valence-corrected chi connectivity index (χ0v) is 40.9. The second kappa shape index (κ2) is 40.2. The summed E-state index contributed by atoms with van der Waals surface area (Å²) in [6, 6.07) is 0. The van der Waals surface area contributed by atoms with Gasteiger partial charge in [0.05, 0.1) is 26.4 Å². The van der Waals surface area contributed by atoms with Crippen LogP contribution < -0.4 is 0 Å². The summed E-state index contributed by atoms with van der Waals surface area (Å²) < 4.78 is 34.2. The molecule has 7 N–H and O–H groups in total. The lowest BCUT2D eigenvalue weighted by Crippen LogP contribution is -2.61. The maximum atomic E-state index is 13.0. The van der Waals surface area contributed by atoms with Crippen molar-refractivity contribution >= 4 is 5.97 Å². The van der Waals surface area contributed by atoms with E-state index in [4.69, 9.17) is 28.4 Å². The van der Waals surface area contributed by atoms with E-state index in [0.717, 1.165) is 83.5 Å². The third-order valence-electron chi connectivity index (χ3n) is 11.7. The summed E-state index contributed by atoms with van der Waals surface area (Å²) in [5.41, 5.74) is 0. The van der Waals surface area contributed by atoms with Crippen LogP contribution in [-0.2, 0) is 33.2 Å². The van der Waals surface area contributed by atoms with Crippen LogP contribution in [0.1, 0.15) is 155 Å². The molecule has 0 bridgehead atoms. The fourth-order valence-corrected chi connectivity index (χ4v) is 7.58. The standard InChI is InChI=1S/C53H90O14/c1-3-5-7-9-11-13-15-16-17-18-19-20-21-22-23-24-25-26-27-28-30-32-34-36-45(55)65-42(39-62-37-35-33-31-29-14-12-10-8-6-4-2)40-63-52-51(61)49(59)47(57)44(67-52)41-64-53-50(60)48(58)46(56)43(38-54)66-53/h5,7,11,13,16-17,19-20,22-23,25-26,42-44,46-54,56-61H,3-4,6,8-10,12,14-15,18,21,24,27-41H2,1-2H3/b7-5-,13-11-,17-16-,20-19-,23-22-,26-25-. The van der Waals surface area contributed by atoms with Crippen molar-refractivity contribution in [3.63, 3.8) is 0 Å². The molecule has 2 heterocycles. The number of allylic oxidation sites excluding steroid dienone is 12. The zero-order valence-electron chi connectivity index (χ0n) is 40.9. The topological polar surface area (TPSA) is 214 Å². The highest BCUT2D eigenvalue weighted by atomic mass is 16.7. The Hall–Kier alpha value is -2.57. The minimum atomic E-state index is -1.71. The van der Waals surface area contributed by atoms with Crippen molar-refractivity contribution in [1.82, 2.24) is 0 Å². The lowest BCUT2D eigenvalue weighted by Gasteiger charge is -2.42. The van der Waals surface area contributed by atoms with Crippen molar-refractivity contribution in [1.29, 1.82) is 0 Å². The summed E-state index contributed by atoms with van der Waals surface area (Å²) in [6.45, 7) is 3.51. The first kappa shape index (κ1) is 60.6. The molecular formula is C53H90O14. The van der Waals surface area contributed by atoms with Crippen molar-refractivity contribution in [2.45, 2.75) is 223 Å². The van der Waals surface area contributed by atoms with Crippen LogP contribution in [0, 0.1) is 0 Å². The number of carbonyl (C=O) groups excluding carboxylic acids is 1. The van der Waals surface area contributed by atoms with Crippen LogP contribution in [0.5, 0.6) is 0 Å². The van der Waals surface area contributed by atoms with Crippen LogP contribution >= 0.6 is 0 Å². The Morgan fingerprint density at radius 1 is 0.507 bits per heavy atom. The molecule has 0 aromatic heterocycles. The Morgan fingerprint density at radius 2 is 0.970 bits per heavy atom. The first-order chi connectivity index (χ1) is 32.6. The molecular weight excluding hydrogens is 861 g/mol. The Bertz CT molecular complexity index is 1380. The Kier molecular flexibility index (Phi) is 36.3. The smallest absolute Gasteiger partial charge is 0.306 e. The molecule has 0 saturated carbocycles. The number of aliphatic hydroxyl groups excluding tert-OH is 7. The lowest BCUT2D eigenvalue weighted by atomic mass is 9.98. The van der Waals surface area contributed by atoms with E-state index in [-0.39, 0.29) is 19.6 Å². The molecule has 11 atom stereocenters. The molecule has 14 nitrogen and oxygen atoms in total. The summed E-state index contributed by atoms with van der Waals surface area (Å²) in [4.78, 5) is 13.0. The molecule has 0 aromatic rings. The van der Waals surface area contributed by atoms with Crippen molar-refractivity contribution in [3.05, 3.63) is 72.9 Å². The summed E-state index contributed by atoms with van der Waals surface area (Å²) >= 11 is 0. The Balaban J connectivity index is 1.75. The van der Waals surface area contributed by atoms with Gasteiger partial charge in [-0.25, -0.2) is 0 Å². The van der Waals surface area contributed by atoms with E-state index in [2.05, 4.69) is 86.8 Å². The van der Waals surface area contributed by atoms with Crippen LogP contribution in [-0.4, -0.2) is 142 Å². The van der Waals surface area contributed by atoms with Gasteiger partial charge in [-0.3, -0.25) is 4.79 Å². The maximum absolute atomic E-state index is 13.0. The number of ether oxygens (including phenoxy) is 6. The average molecular weight is 951 g/mol.